The summed E-state index contributed by atoms with van der Waals surface area (Å²) < 4.78 is 3.91. The molecule has 0 unspecified atom stereocenters. The summed E-state index contributed by atoms with van der Waals surface area (Å²) in [5, 5.41) is 0. The highest BCUT2D eigenvalue weighted by Crippen LogP contribution is 2.29. The van der Waals surface area contributed by atoms with Crippen molar-refractivity contribution in [3.8, 4) is 0 Å². The van der Waals surface area contributed by atoms with Crippen molar-refractivity contribution in [2.75, 3.05) is 26.2 Å². The van der Waals surface area contributed by atoms with Crippen LogP contribution in [-0.2, 0) is 25.4 Å². The van der Waals surface area contributed by atoms with Crippen molar-refractivity contribution in [2.24, 2.45) is 14.1 Å². The summed E-state index contributed by atoms with van der Waals surface area (Å²) in [6.07, 6.45) is 1.46. The van der Waals surface area contributed by atoms with Gasteiger partial charge in [-0.1, -0.05) is 60.7 Å². The van der Waals surface area contributed by atoms with E-state index in [9.17, 15) is 14.4 Å². The molecule has 5 rings (SSSR count). The fourth-order valence-electron chi connectivity index (χ4n) is 4.88. The lowest BCUT2D eigenvalue weighted by Crippen LogP contribution is -2.50. The molecule has 180 valence electrons. The topological polar surface area (TPSA) is 85.4 Å². The molecule has 0 atom stereocenters. The molecule has 1 aliphatic rings. The highest BCUT2D eigenvalue weighted by Gasteiger charge is 2.28. The number of rotatable bonds is 5. The van der Waals surface area contributed by atoms with E-state index < -0.39 is 11.2 Å². The van der Waals surface area contributed by atoms with E-state index in [2.05, 4.69) is 58.4 Å². The van der Waals surface area contributed by atoms with Crippen LogP contribution in [0.4, 0.5) is 0 Å². The molecular formula is C26H28N6O3. The van der Waals surface area contributed by atoms with Gasteiger partial charge in [0, 0.05) is 40.3 Å². The quantitative estimate of drug-likeness (QED) is 0.438. The first kappa shape index (κ1) is 22.8. The van der Waals surface area contributed by atoms with Gasteiger partial charge in [-0.05, 0) is 11.1 Å². The first-order valence-electron chi connectivity index (χ1n) is 11.7. The van der Waals surface area contributed by atoms with Gasteiger partial charge < -0.3 is 9.47 Å². The second kappa shape index (κ2) is 9.34. The van der Waals surface area contributed by atoms with Gasteiger partial charge in [0.25, 0.3) is 5.56 Å². The molecule has 1 aliphatic heterocycles. The van der Waals surface area contributed by atoms with Crippen molar-refractivity contribution in [1.29, 1.82) is 0 Å². The van der Waals surface area contributed by atoms with E-state index >= 15 is 0 Å². The molecule has 0 radical (unpaired) electrons. The number of amides is 1. The first-order chi connectivity index (χ1) is 17.0. The third-order valence-electron chi connectivity index (χ3n) is 6.79. The zero-order valence-electron chi connectivity index (χ0n) is 19.9. The summed E-state index contributed by atoms with van der Waals surface area (Å²) in [6.45, 7) is 2.67. The highest BCUT2D eigenvalue weighted by molar-refractivity contribution is 5.79. The molecule has 9 nitrogen and oxygen atoms in total. The molecule has 2 aromatic carbocycles. The standard InChI is InChI=1S/C26H28N6O3/c1-28-24-23(25(34)29(2)26(28)35)32(18-27-24)17-21(33)30-13-15-31(16-14-30)22(19-9-5-3-6-10-19)20-11-7-4-8-12-20/h3-12,18,22H,13-17H2,1-2H3. The number of benzene rings is 2. The Labute approximate surface area is 202 Å². The van der Waals surface area contributed by atoms with Gasteiger partial charge in [-0.15, -0.1) is 0 Å². The number of carbonyl (C=O) groups is 1. The van der Waals surface area contributed by atoms with Crippen LogP contribution < -0.4 is 11.2 Å². The van der Waals surface area contributed by atoms with E-state index in [0.29, 0.717) is 13.1 Å². The van der Waals surface area contributed by atoms with Crippen LogP contribution in [0.15, 0.2) is 76.6 Å². The summed E-state index contributed by atoms with van der Waals surface area (Å²) in [6, 6.07) is 21.0. The fourth-order valence-corrected chi connectivity index (χ4v) is 4.88. The van der Waals surface area contributed by atoms with Gasteiger partial charge in [0.1, 0.15) is 6.54 Å². The second-order valence-corrected chi connectivity index (χ2v) is 8.89. The monoisotopic (exact) mass is 472 g/mol. The van der Waals surface area contributed by atoms with E-state index in [1.807, 2.05) is 17.0 Å². The van der Waals surface area contributed by atoms with E-state index in [0.717, 1.165) is 17.7 Å². The Kier molecular flexibility index (Phi) is 6.08. The van der Waals surface area contributed by atoms with E-state index in [1.54, 1.807) is 11.6 Å². The minimum Gasteiger partial charge on any atom is -0.339 e. The summed E-state index contributed by atoms with van der Waals surface area (Å²) in [5.74, 6) is -0.0733. The second-order valence-electron chi connectivity index (χ2n) is 8.89. The van der Waals surface area contributed by atoms with Crippen LogP contribution in [0.25, 0.3) is 11.2 Å². The largest absolute Gasteiger partial charge is 0.339 e. The number of aryl methyl sites for hydroxylation is 1. The summed E-state index contributed by atoms with van der Waals surface area (Å²) in [4.78, 5) is 46.5. The maximum Gasteiger partial charge on any atom is 0.332 e. The first-order valence-corrected chi connectivity index (χ1v) is 11.7. The van der Waals surface area contributed by atoms with Gasteiger partial charge >= 0.3 is 5.69 Å². The number of imidazole rings is 1. The minimum atomic E-state index is -0.452. The summed E-state index contributed by atoms with van der Waals surface area (Å²) in [7, 11) is 3.00. The molecule has 0 aliphatic carbocycles. The van der Waals surface area contributed by atoms with Crippen LogP contribution >= 0.6 is 0 Å². The van der Waals surface area contributed by atoms with Crippen molar-refractivity contribution >= 4 is 17.1 Å². The van der Waals surface area contributed by atoms with Crippen LogP contribution in [0.5, 0.6) is 0 Å². The molecule has 1 fully saturated rings. The van der Waals surface area contributed by atoms with Crippen molar-refractivity contribution in [3.63, 3.8) is 0 Å². The minimum absolute atomic E-state index is 0.00471. The number of hydrogen-bond acceptors (Lipinski definition) is 5. The molecule has 35 heavy (non-hydrogen) atoms. The molecule has 4 aromatic rings. The number of carbonyl (C=O) groups excluding carboxylic acids is 1. The highest BCUT2D eigenvalue weighted by atomic mass is 16.2. The predicted molar refractivity (Wildman–Crippen MR) is 133 cm³/mol. The Bertz CT molecular complexity index is 1420. The molecule has 0 spiro atoms. The third-order valence-corrected chi connectivity index (χ3v) is 6.79. The fraction of sp³-hybridized carbons (Fsp3) is 0.308. The Hall–Kier alpha value is -3.98. The molecular weight excluding hydrogens is 444 g/mol. The normalized spacial score (nSPS) is 14.7. The van der Waals surface area contributed by atoms with Gasteiger partial charge in [0.2, 0.25) is 5.91 Å². The zero-order valence-corrected chi connectivity index (χ0v) is 19.9. The Morgan fingerprint density at radius 1 is 0.857 bits per heavy atom. The van der Waals surface area contributed by atoms with Gasteiger partial charge in [0.15, 0.2) is 11.2 Å². The number of fused-ring (bicyclic) bond motifs is 1. The molecule has 2 aromatic heterocycles. The van der Waals surface area contributed by atoms with Gasteiger partial charge in [-0.2, -0.15) is 0 Å². The SMILES string of the molecule is Cn1c(=O)c2c(ncn2CC(=O)N2CCN(C(c3ccccc3)c3ccccc3)CC2)n(C)c1=O. The third kappa shape index (κ3) is 4.19. The lowest BCUT2D eigenvalue weighted by Gasteiger charge is -2.39. The van der Waals surface area contributed by atoms with Gasteiger partial charge in [0.05, 0.1) is 12.4 Å². The number of nitrogens with zero attached hydrogens (tertiary/aromatic N) is 6. The van der Waals surface area contributed by atoms with Gasteiger partial charge in [-0.3, -0.25) is 23.6 Å². The van der Waals surface area contributed by atoms with E-state index in [1.165, 1.54) is 29.1 Å². The summed E-state index contributed by atoms with van der Waals surface area (Å²) >= 11 is 0. The van der Waals surface area contributed by atoms with Crippen molar-refractivity contribution in [1.82, 2.24) is 28.5 Å². The molecule has 0 saturated carbocycles. The lowest BCUT2D eigenvalue weighted by molar-refractivity contribution is -0.133. The molecule has 1 saturated heterocycles. The number of aromatic nitrogens is 4. The molecule has 1 amide bonds. The van der Waals surface area contributed by atoms with Crippen molar-refractivity contribution in [3.05, 3.63) is 99.0 Å². The smallest absolute Gasteiger partial charge is 0.332 e. The average molecular weight is 473 g/mol. The van der Waals surface area contributed by atoms with Crippen LogP contribution in [-0.4, -0.2) is 60.6 Å². The maximum atomic E-state index is 13.2. The van der Waals surface area contributed by atoms with E-state index in [4.69, 9.17) is 0 Å². The zero-order chi connectivity index (χ0) is 24.5. The van der Waals surface area contributed by atoms with Crippen LogP contribution in [0.1, 0.15) is 17.2 Å². The number of hydrogen-bond donors (Lipinski definition) is 0. The Morgan fingerprint density at radius 3 is 2.00 bits per heavy atom. The molecule has 0 N–H and O–H groups in total. The summed E-state index contributed by atoms with van der Waals surface area (Å²) in [5.41, 5.74) is 2.10. The molecule has 9 heteroatoms. The van der Waals surface area contributed by atoms with Crippen LogP contribution in [0.2, 0.25) is 0 Å². The lowest BCUT2D eigenvalue weighted by atomic mass is 9.96. The molecule has 0 bridgehead atoms. The average Bonchev–Trinajstić information content (AvgIpc) is 3.31. The van der Waals surface area contributed by atoms with Crippen LogP contribution in [0, 0.1) is 0 Å². The Morgan fingerprint density at radius 2 is 1.43 bits per heavy atom. The van der Waals surface area contributed by atoms with Gasteiger partial charge in [-0.25, -0.2) is 9.78 Å². The van der Waals surface area contributed by atoms with Crippen LogP contribution in [0.3, 0.4) is 0 Å². The van der Waals surface area contributed by atoms with Crippen molar-refractivity contribution in [2.45, 2.75) is 12.6 Å². The maximum absolute atomic E-state index is 13.2. The molecule has 3 heterocycles. The Balaban J connectivity index is 1.33. The number of piperazine rings is 1. The predicted octanol–water partition coefficient (Wildman–Crippen LogP) is 1.37. The van der Waals surface area contributed by atoms with E-state index in [-0.39, 0.29) is 29.7 Å². The van der Waals surface area contributed by atoms with Crippen molar-refractivity contribution < 1.29 is 4.79 Å².